The lowest BCUT2D eigenvalue weighted by atomic mass is 9.79. The van der Waals surface area contributed by atoms with E-state index >= 15 is 0 Å². The van der Waals surface area contributed by atoms with Crippen LogP contribution in [0.5, 0.6) is 11.5 Å². The second kappa shape index (κ2) is 11.3. The first-order chi connectivity index (χ1) is 16.4. The molecule has 0 radical (unpaired) electrons. The highest BCUT2D eigenvalue weighted by Crippen LogP contribution is 2.46. The second-order valence-electron chi connectivity index (χ2n) is 8.33. The molecular formula is C26H34FN3O4. The van der Waals surface area contributed by atoms with Gasteiger partial charge in [-0.05, 0) is 49.8 Å². The Morgan fingerprint density at radius 1 is 1.09 bits per heavy atom. The summed E-state index contributed by atoms with van der Waals surface area (Å²) < 4.78 is 25.7. The molecule has 0 spiro atoms. The number of ether oxygens (including phenoxy) is 2. The Hall–Kier alpha value is -3.13. The molecule has 0 bridgehead atoms. The summed E-state index contributed by atoms with van der Waals surface area (Å²) in [7, 11) is 4.58. The number of benzene rings is 2. The molecule has 2 aromatic rings. The number of carbonyl (C=O) groups is 2. The van der Waals surface area contributed by atoms with Crippen molar-refractivity contribution in [3.63, 3.8) is 0 Å². The van der Waals surface area contributed by atoms with Crippen molar-refractivity contribution in [2.24, 2.45) is 0 Å². The largest absolute Gasteiger partial charge is 0.493 e. The standard InChI is InChI=1S/C26H34FN3O4/c1-6-30(7-2)14-10-13-28-25(31)23-18-15-21(33-4)22(34-5)16-19(18)26(32)29(3)24(23)17-11-8-9-12-20(17)27/h8-9,11-12,15-16,23-24H,6-7,10,13-14H2,1-5H3,(H,28,31)/t23-,24-/m1/s1. The Kier molecular flexibility index (Phi) is 8.50. The van der Waals surface area contributed by atoms with Crippen molar-refractivity contribution in [3.05, 3.63) is 58.9 Å². The predicted octanol–water partition coefficient (Wildman–Crippen LogP) is 3.60. The van der Waals surface area contributed by atoms with Gasteiger partial charge in [0, 0.05) is 24.7 Å². The number of methoxy groups -OCH3 is 2. The number of rotatable bonds is 10. The topological polar surface area (TPSA) is 71.1 Å². The summed E-state index contributed by atoms with van der Waals surface area (Å²) in [6.07, 6.45) is 0.790. The molecule has 0 saturated heterocycles. The highest BCUT2D eigenvalue weighted by Gasteiger charge is 2.44. The molecule has 0 aromatic heterocycles. The van der Waals surface area contributed by atoms with Crippen LogP contribution in [0, 0.1) is 5.82 Å². The van der Waals surface area contributed by atoms with Gasteiger partial charge in [-0.3, -0.25) is 9.59 Å². The molecule has 0 unspecified atom stereocenters. The number of carbonyl (C=O) groups excluding carboxylic acids is 2. The Morgan fingerprint density at radius 2 is 1.74 bits per heavy atom. The molecule has 8 heteroatoms. The summed E-state index contributed by atoms with van der Waals surface area (Å²) >= 11 is 0. The number of nitrogens with one attached hydrogen (secondary N) is 1. The zero-order valence-corrected chi connectivity index (χ0v) is 20.6. The Labute approximate surface area is 200 Å². The summed E-state index contributed by atoms with van der Waals surface area (Å²) in [4.78, 5) is 30.6. The fraction of sp³-hybridized carbons (Fsp3) is 0.462. The number of likely N-dealkylation sites (N-methyl/N-ethyl adjacent to an activating group) is 1. The summed E-state index contributed by atoms with van der Waals surface area (Å²) in [6, 6.07) is 8.71. The highest BCUT2D eigenvalue weighted by atomic mass is 19.1. The van der Waals surface area contributed by atoms with Crippen LogP contribution in [-0.4, -0.2) is 69.1 Å². The SMILES string of the molecule is CCN(CC)CCCNC(=O)[C@@H]1c2cc(OC)c(OC)cc2C(=O)N(C)[C@@H]1c1ccccc1F. The molecule has 0 aliphatic carbocycles. The van der Waals surface area contributed by atoms with Crippen LogP contribution >= 0.6 is 0 Å². The molecule has 3 rings (SSSR count). The van der Waals surface area contributed by atoms with Crippen LogP contribution in [0.1, 0.15) is 53.7 Å². The Bertz CT molecular complexity index is 1030. The van der Waals surface area contributed by atoms with Crippen LogP contribution < -0.4 is 14.8 Å². The maximum atomic E-state index is 14.9. The number of hydrogen-bond acceptors (Lipinski definition) is 5. The van der Waals surface area contributed by atoms with Gasteiger partial charge in [-0.1, -0.05) is 32.0 Å². The fourth-order valence-electron chi connectivity index (χ4n) is 4.60. The predicted molar refractivity (Wildman–Crippen MR) is 129 cm³/mol. The minimum absolute atomic E-state index is 0.263. The maximum Gasteiger partial charge on any atom is 0.254 e. The number of amides is 2. The van der Waals surface area contributed by atoms with E-state index in [4.69, 9.17) is 9.47 Å². The van der Waals surface area contributed by atoms with Gasteiger partial charge in [-0.2, -0.15) is 0 Å². The Balaban J connectivity index is 2.02. The van der Waals surface area contributed by atoms with Gasteiger partial charge in [0.15, 0.2) is 11.5 Å². The molecule has 2 aromatic carbocycles. The molecule has 0 saturated carbocycles. The molecule has 7 nitrogen and oxygen atoms in total. The molecule has 34 heavy (non-hydrogen) atoms. The van der Waals surface area contributed by atoms with Crippen molar-refractivity contribution in [2.75, 3.05) is 47.4 Å². The average molecular weight is 472 g/mol. The van der Waals surface area contributed by atoms with E-state index in [1.165, 1.54) is 25.2 Å². The lowest BCUT2D eigenvalue weighted by Crippen LogP contribution is -2.46. The molecule has 1 N–H and O–H groups in total. The molecule has 1 heterocycles. The first kappa shape index (κ1) is 25.5. The van der Waals surface area contributed by atoms with Crippen LogP contribution in [0.2, 0.25) is 0 Å². The minimum atomic E-state index is -0.817. The van der Waals surface area contributed by atoms with Crippen LogP contribution in [0.3, 0.4) is 0 Å². The Morgan fingerprint density at radius 3 is 2.35 bits per heavy atom. The first-order valence-corrected chi connectivity index (χ1v) is 11.6. The van der Waals surface area contributed by atoms with Crippen molar-refractivity contribution < 1.29 is 23.5 Å². The zero-order chi connectivity index (χ0) is 24.8. The number of hydrogen-bond donors (Lipinski definition) is 1. The summed E-state index contributed by atoms with van der Waals surface area (Å²) in [5.74, 6) is -1.05. The number of halogens is 1. The van der Waals surface area contributed by atoms with E-state index in [1.54, 1.807) is 37.4 Å². The van der Waals surface area contributed by atoms with E-state index in [-0.39, 0.29) is 11.8 Å². The molecule has 1 aliphatic heterocycles. The third-order valence-electron chi connectivity index (χ3n) is 6.53. The van der Waals surface area contributed by atoms with Gasteiger partial charge in [0.05, 0.1) is 26.2 Å². The monoisotopic (exact) mass is 471 g/mol. The fourth-order valence-corrected chi connectivity index (χ4v) is 4.60. The molecule has 2 amide bonds. The normalized spacial score (nSPS) is 17.5. The molecule has 184 valence electrons. The lowest BCUT2D eigenvalue weighted by Gasteiger charge is -2.40. The summed E-state index contributed by atoms with van der Waals surface area (Å²) in [5.41, 5.74) is 1.13. The molecular weight excluding hydrogens is 437 g/mol. The van der Waals surface area contributed by atoms with Gasteiger partial charge in [-0.25, -0.2) is 4.39 Å². The van der Waals surface area contributed by atoms with Crippen molar-refractivity contribution in [1.82, 2.24) is 15.1 Å². The van der Waals surface area contributed by atoms with Crippen molar-refractivity contribution >= 4 is 11.8 Å². The molecule has 0 fully saturated rings. The lowest BCUT2D eigenvalue weighted by molar-refractivity contribution is -0.124. The summed E-state index contributed by atoms with van der Waals surface area (Å²) in [5, 5.41) is 3.02. The zero-order valence-electron chi connectivity index (χ0n) is 20.6. The van der Waals surface area contributed by atoms with Gasteiger partial charge >= 0.3 is 0 Å². The van der Waals surface area contributed by atoms with Crippen LogP contribution in [0.25, 0.3) is 0 Å². The van der Waals surface area contributed by atoms with Crippen LogP contribution in [0.15, 0.2) is 36.4 Å². The van der Waals surface area contributed by atoms with E-state index in [9.17, 15) is 14.0 Å². The quantitative estimate of drug-likeness (QED) is 0.536. The van der Waals surface area contributed by atoms with Gasteiger partial charge in [0.25, 0.3) is 5.91 Å². The van der Waals surface area contributed by atoms with Gasteiger partial charge < -0.3 is 24.6 Å². The van der Waals surface area contributed by atoms with Crippen molar-refractivity contribution in [3.8, 4) is 11.5 Å². The minimum Gasteiger partial charge on any atom is -0.493 e. The first-order valence-electron chi connectivity index (χ1n) is 11.6. The van der Waals surface area contributed by atoms with E-state index in [2.05, 4.69) is 24.1 Å². The van der Waals surface area contributed by atoms with E-state index < -0.39 is 17.8 Å². The van der Waals surface area contributed by atoms with E-state index in [1.807, 2.05) is 0 Å². The smallest absolute Gasteiger partial charge is 0.254 e. The third kappa shape index (κ3) is 5.01. The molecule has 1 aliphatic rings. The number of fused-ring (bicyclic) bond motifs is 1. The second-order valence-corrected chi connectivity index (χ2v) is 8.33. The molecule has 2 atom stereocenters. The maximum absolute atomic E-state index is 14.9. The van der Waals surface area contributed by atoms with Crippen molar-refractivity contribution in [2.45, 2.75) is 32.2 Å². The number of nitrogens with zero attached hydrogens (tertiary/aromatic N) is 2. The summed E-state index contributed by atoms with van der Waals surface area (Å²) in [6.45, 7) is 7.46. The average Bonchev–Trinajstić information content (AvgIpc) is 2.85. The van der Waals surface area contributed by atoms with Crippen LogP contribution in [-0.2, 0) is 4.79 Å². The van der Waals surface area contributed by atoms with Gasteiger partial charge in [-0.15, -0.1) is 0 Å². The van der Waals surface area contributed by atoms with Crippen molar-refractivity contribution in [1.29, 1.82) is 0 Å². The van der Waals surface area contributed by atoms with E-state index in [0.29, 0.717) is 34.7 Å². The highest BCUT2D eigenvalue weighted by molar-refractivity contribution is 6.02. The third-order valence-corrected chi connectivity index (χ3v) is 6.53. The van der Waals surface area contributed by atoms with E-state index in [0.717, 1.165) is 26.1 Å². The van der Waals surface area contributed by atoms with Gasteiger partial charge in [0.2, 0.25) is 5.91 Å². The van der Waals surface area contributed by atoms with Crippen LogP contribution in [0.4, 0.5) is 4.39 Å². The van der Waals surface area contributed by atoms with Gasteiger partial charge in [0.1, 0.15) is 5.82 Å².